The summed E-state index contributed by atoms with van der Waals surface area (Å²) in [4.78, 5) is 13.6. The van der Waals surface area contributed by atoms with E-state index in [2.05, 4.69) is 41.1 Å². The van der Waals surface area contributed by atoms with Crippen LogP contribution in [0.1, 0.15) is 43.4 Å². The Labute approximate surface area is 187 Å². The van der Waals surface area contributed by atoms with Crippen molar-refractivity contribution in [2.24, 2.45) is 0 Å². The molecule has 0 bridgehead atoms. The number of para-hydroxylation sites is 1. The van der Waals surface area contributed by atoms with Crippen molar-refractivity contribution in [1.29, 1.82) is 0 Å². The lowest BCUT2D eigenvalue weighted by molar-refractivity contribution is 0.475. The van der Waals surface area contributed by atoms with Crippen molar-refractivity contribution in [3.63, 3.8) is 0 Å². The minimum Gasteiger partial charge on any atom is -0.329 e. The van der Waals surface area contributed by atoms with Crippen molar-refractivity contribution in [1.82, 2.24) is 9.97 Å². The maximum absolute atomic E-state index is 11.7. The van der Waals surface area contributed by atoms with Gasteiger partial charge in [-0.25, -0.2) is 9.97 Å². The van der Waals surface area contributed by atoms with Crippen LogP contribution in [0.3, 0.4) is 0 Å². The zero-order valence-electron chi connectivity index (χ0n) is 17.5. The second-order valence-electron chi connectivity index (χ2n) is 7.45. The lowest BCUT2D eigenvalue weighted by Gasteiger charge is -2.38. The number of hydrogen-bond donors (Lipinski definition) is 1. The normalized spacial score (nSPS) is 14.1. The fraction of sp³-hybridized carbons (Fsp3) is 0.304. The zero-order chi connectivity index (χ0) is 22.0. The molecule has 1 aliphatic rings. The van der Waals surface area contributed by atoms with E-state index in [4.69, 9.17) is 4.98 Å². The number of rotatable bonds is 7. The molecule has 6 nitrogen and oxygen atoms in total. The van der Waals surface area contributed by atoms with Crippen LogP contribution in [-0.2, 0) is 23.0 Å². The molecule has 0 fully saturated rings. The van der Waals surface area contributed by atoms with Gasteiger partial charge in [0.2, 0.25) is 0 Å². The predicted octanol–water partition coefficient (Wildman–Crippen LogP) is 5.22. The largest absolute Gasteiger partial charge is 0.329 e. The molecule has 1 aromatic heterocycles. The molecule has 8 heteroatoms. The third kappa shape index (κ3) is 4.76. The molecule has 0 saturated heterocycles. The number of anilines is 2. The van der Waals surface area contributed by atoms with Crippen molar-refractivity contribution < 1.29 is 13.0 Å². The Morgan fingerprint density at radius 1 is 1.03 bits per heavy atom. The van der Waals surface area contributed by atoms with Gasteiger partial charge in [0.15, 0.2) is 5.82 Å². The fourth-order valence-corrected chi connectivity index (χ4v) is 5.36. The average molecular weight is 456 g/mol. The van der Waals surface area contributed by atoms with Crippen molar-refractivity contribution in [2.75, 3.05) is 10.7 Å². The van der Waals surface area contributed by atoms with Gasteiger partial charge in [-0.2, -0.15) is 8.42 Å². The highest BCUT2D eigenvalue weighted by Gasteiger charge is 2.32. The molecule has 0 radical (unpaired) electrons. The van der Waals surface area contributed by atoms with E-state index >= 15 is 0 Å². The number of benzene rings is 2. The minimum atomic E-state index is -4.14. The summed E-state index contributed by atoms with van der Waals surface area (Å²) in [5, 5.41) is 0. The maximum Gasteiger partial charge on any atom is 0.264 e. The highest BCUT2D eigenvalue weighted by Crippen LogP contribution is 2.51. The van der Waals surface area contributed by atoms with Crippen molar-refractivity contribution in [2.45, 2.75) is 48.9 Å². The average Bonchev–Trinajstić information content (AvgIpc) is 2.77. The van der Waals surface area contributed by atoms with Gasteiger partial charge in [-0.05, 0) is 55.2 Å². The van der Waals surface area contributed by atoms with Crippen LogP contribution in [0.15, 0.2) is 64.5 Å². The molecular weight excluding hydrogens is 430 g/mol. The first kappa shape index (κ1) is 21.8. The monoisotopic (exact) mass is 455 g/mol. The van der Waals surface area contributed by atoms with Gasteiger partial charge < -0.3 is 4.90 Å². The van der Waals surface area contributed by atoms with E-state index in [1.165, 1.54) is 5.56 Å². The van der Waals surface area contributed by atoms with Crippen molar-refractivity contribution in [3.8, 4) is 0 Å². The highest BCUT2D eigenvalue weighted by molar-refractivity contribution is 7.99. The first-order chi connectivity index (χ1) is 14.9. The molecule has 162 valence electrons. The molecule has 1 unspecified atom stereocenters. The molecule has 1 N–H and O–H groups in total. The maximum atomic E-state index is 11.7. The topological polar surface area (TPSA) is 83.4 Å². The Bertz CT molecular complexity index is 1200. The van der Waals surface area contributed by atoms with Crippen LogP contribution in [0.25, 0.3) is 0 Å². The fourth-order valence-electron chi connectivity index (χ4n) is 3.79. The summed E-state index contributed by atoms with van der Waals surface area (Å²) in [7, 11) is -4.14. The lowest BCUT2D eigenvalue weighted by Crippen LogP contribution is -2.30. The van der Waals surface area contributed by atoms with E-state index < -0.39 is 16.2 Å². The Morgan fingerprint density at radius 3 is 2.55 bits per heavy atom. The van der Waals surface area contributed by atoms with Crippen LogP contribution in [0.4, 0.5) is 11.4 Å². The van der Waals surface area contributed by atoms with Gasteiger partial charge in [0.05, 0.1) is 23.2 Å². The van der Waals surface area contributed by atoms with E-state index in [9.17, 15) is 13.0 Å². The predicted molar refractivity (Wildman–Crippen MR) is 124 cm³/mol. The summed E-state index contributed by atoms with van der Waals surface area (Å²) in [5.74, 6) is 0.184. The van der Waals surface area contributed by atoms with Gasteiger partial charge in [0.1, 0.15) is 0 Å². The number of aryl methyl sites for hydroxylation is 2. The van der Waals surface area contributed by atoms with Crippen LogP contribution in [0.2, 0.25) is 0 Å². The summed E-state index contributed by atoms with van der Waals surface area (Å²) in [6.45, 7) is 4.13. The summed E-state index contributed by atoms with van der Waals surface area (Å²) in [6, 6.07) is 15.9. The molecule has 0 spiro atoms. The first-order valence-corrected chi connectivity index (χ1v) is 12.8. The van der Waals surface area contributed by atoms with Crippen molar-refractivity contribution >= 4 is 33.3 Å². The number of aromatic nitrogens is 2. The third-order valence-corrected chi connectivity index (χ3v) is 7.27. The van der Waals surface area contributed by atoms with Gasteiger partial charge in [0, 0.05) is 21.7 Å². The van der Waals surface area contributed by atoms with Crippen LogP contribution < -0.4 is 4.90 Å². The van der Waals surface area contributed by atoms with Crippen LogP contribution in [0, 0.1) is 0 Å². The van der Waals surface area contributed by atoms with Gasteiger partial charge in [-0.1, -0.05) is 43.8 Å². The smallest absolute Gasteiger partial charge is 0.264 e. The van der Waals surface area contributed by atoms with Gasteiger partial charge >= 0.3 is 0 Å². The molecule has 3 aromatic rings. The number of nitrogens with zero attached hydrogens (tertiary/aromatic N) is 3. The number of hydrogen-bond acceptors (Lipinski definition) is 6. The van der Waals surface area contributed by atoms with Gasteiger partial charge in [0.25, 0.3) is 10.1 Å². The Kier molecular flexibility index (Phi) is 6.31. The molecule has 4 rings (SSSR count). The van der Waals surface area contributed by atoms with E-state index in [1.807, 2.05) is 31.2 Å². The molecule has 2 aromatic carbocycles. The Morgan fingerprint density at radius 2 is 1.81 bits per heavy atom. The third-order valence-electron chi connectivity index (χ3n) is 5.39. The van der Waals surface area contributed by atoms with E-state index in [1.54, 1.807) is 18.0 Å². The van der Waals surface area contributed by atoms with E-state index in [-0.39, 0.29) is 12.2 Å². The quantitative estimate of drug-likeness (QED) is 0.489. The second kappa shape index (κ2) is 8.98. The molecule has 1 atom stereocenters. The number of fused-ring (bicyclic) bond motifs is 2. The van der Waals surface area contributed by atoms with Gasteiger partial charge in [-0.3, -0.25) is 4.55 Å². The van der Waals surface area contributed by atoms with Crippen LogP contribution in [-0.4, -0.2) is 28.7 Å². The molecule has 0 amide bonds. The SMILES string of the molecule is CCc1ccc2c(c1)N(C(CCS(=O)(=O)O)c1nccc(CC)n1)c1ccccc1S2. The summed E-state index contributed by atoms with van der Waals surface area (Å²) >= 11 is 1.70. The Balaban J connectivity index is 1.90. The van der Waals surface area contributed by atoms with Crippen LogP contribution in [0.5, 0.6) is 0 Å². The summed E-state index contributed by atoms with van der Waals surface area (Å²) in [5.41, 5.74) is 4.08. The van der Waals surface area contributed by atoms with Crippen molar-refractivity contribution in [3.05, 3.63) is 71.8 Å². The summed E-state index contributed by atoms with van der Waals surface area (Å²) < 4.78 is 32.8. The Hall–Kier alpha value is -2.42. The molecule has 0 saturated carbocycles. The minimum absolute atomic E-state index is 0.167. The first-order valence-electron chi connectivity index (χ1n) is 10.4. The van der Waals surface area contributed by atoms with E-state index in [0.717, 1.165) is 39.7 Å². The standard InChI is InChI=1S/C23H25N3O3S2/c1-3-16-9-10-22-20(15-16)26(18-7-5-6-8-21(18)30-22)19(12-14-31(27,28)29)23-24-13-11-17(4-2)25-23/h5-11,13,15,19H,3-4,12,14H2,1-2H3,(H,27,28,29). The van der Waals surface area contributed by atoms with Gasteiger partial charge in [-0.15, -0.1) is 0 Å². The van der Waals surface area contributed by atoms with Crippen LogP contribution >= 0.6 is 11.8 Å². The van der Waals surface area contributed by atoms with E-state index in [0.29, 0.717) is 5.82 Å². The molecule has 0 aliphatic carbocycles. The zero-order valence-corrected chi connectivity index (χ0v) is 19.2. The summed E-state index contributed by atoms with van der Waals surface area (Å²) in [6.07, 6.45) is 3.53. The molecular formula is C23H25N3O3S2. The highest BCUT2D eigenvalue weighted by atomic mass is 32.2. The molecule has 31 heavy (non-hydrogen) atoms. The second-order valence-corrected chi connectivity index (χ2v) is 10.1. The lowest BCUT2D eigenvalue weighted by atomic mass is 10.1. The molecule has 1 aliphatic heterocycles. The molecule has 2 heterocycles.